The molecule has 1 saturated carbocycles. The number of aliphatic hydroxyl groups is 1. The Labute approximate surface area is 115 Å². The van der Waals surface area contributed by atoms with Crippen molar-refractivity contribution in [3.8, 4) is 0 Å². The Hall–Kier alpha value is -0.870. The Bertz CT molecular complexity index is 408. The number of aryl methyl sites for hydroxylation is 2. The molecule has 0 saturated heterocycles. The average molecular weight is 266 g/mol. The molecule has 4 heteroatoms. The van der Waals surface area contributed by atoms with E-state index in [0.29, 0.717) is 6.42 Å². The molecule has 1 N–H and O–H groups in total. The number of aromatic nitrogens is 2. The highest BCUT2D eigenvalue weighted by Gasteiger charge is 2.39. The number of methoxy groups -OCH3 is 1. The van der Waals surface area contributed by atoms with Gasteiger partial charge in [-0.1, -0.05) is 19.3 Å². The number of rotatable bonds is 5. The Morgan fingerprint density at radius 1 is 1.42 bits per heavy atom. The first-order valence-corrected chi connectivity index (χ1v) is 7.38. The first-order chi connectivity index (χ1) is 9.11. The van der Waals surface area contributed by atoms with Crippen molar-refractivity contribution in [1.29, 1.82) is 0 Å². The fourth-order valence-electron chi connectivity index (χ4n) is 3.24. The summed E-state index contributed by atoms with van der Waals surface area (Å²) in [5.74, 6) is 0. The normalized spacial score (nSPS) is 20.4. The van der Waals surface area contributed by atoms with Gasteiger partial charge in [0.25, 0.3) is 0 Å². The molecule has 0 bridgehead atoms. The van der Waals surface area contributed by atoms with Crippen LogP contribution in [-0.4, -0.2) is 33.7 Å². The maximum atomic E-state index is 10.6. The fourth-order valence-corrected chi connectivity index (χ4v) is 3.24. The smallest absolute Gasteiger partial charge is 0.0940 e. The largest absolute Gasteiger partial charge is 0.390 e. The van der Waals surface area contributed by atoms with Gasteiger partial charge in [0, 0.05) is 25.8 Å². The Balaban J connectivity index is 2.12. The van der Waals surface area contributed by atoms with Crippen LogP contribution in [0.15, 0.2) is 6.07 Å². The van der Waals surface area contributed by atoms with E-state index in [0.717, 1.165) is 43.6 Å². The maximum Gasteiger partial charge on any atom is 0.0940 e. The van der Waals surface area contributed by atoms with E-state index in [-0.39, 0.29) is 5.60 Å². The van der Waals surface area contributed by atoms with Crippen LogP contribution in [0, 0.1) is 6.92 Å². The first-order valence-electron chi connectivity index (χ1n) is 7.38. The lowest BCUT2D eigenvalue weighted by atomic mass is 9.79. The second-order valence-electron chi connectivity index (χ2n) is 5.64. The van der Waals surface area contributed by atoms with E-state index in [9.17, 15) is 5.11 Å². The second-order valence-corrected chi connectivity index (χ2v) is 5.64. The van der Waals surface area contributed by atoms with Crippen LogP contribution in [0.2, 0.25) is 0 Å². The van der Waals surface area contributed by atoms with Gasteiger partial charge in [0.15, 0.2) is 0 Å². The summed E-state index contributed by atoms with van der Waals surface area (Å²) in [7, 11) is 1.73. The molecule has 19 heavy (non-hydrogen) atoms. The lowest BCUT2D eigenvalue weighted by molar-refractivity contribution is -0.122. The third kappa shape index (κ3) is 3.00. The quantitative estimate of drug-likeness (QED) is 0.890. The number of hydrogen-bond acceptors (Lipinski definition) is 3. The van der Waals surface area contributed by atoms with Crippen LogP contribution in [0.5, 0.6) is 0 Å². The number of nitrogens with zero attached hydrogens (tertiary/aromatic N) is 2. The van der Waals surface area contributed by atoms with E-state index in [1.165, 1.54) is 6.42 Å². The summed E-state index contributed by atoms with van der Waals surface area (Å²) in [5.41, 5.74) is 1.77. The number of hydrogen-bond donors (Lipinski definition) is 1. The number of aliphatic hydroxyl groups excluding tert-OH is 1. The third-order valence-electron chi connectivity index (χ3n) is 4.40. The van der Waals surface area contributed by atoms with Crippen molar-refractivity contribution in [2.45, 2.75) is 70.6 Å². The van der Waals surface area contributed by atoms with Crippen molar-refractivity contribution < 1.29 is 9.84 Å². The van der Waals surface area contributed by atoms with Gasteiger partial charge in [-0.2, -0.15) is 5.10 Å². The SMILES string of the molecule is CCn1nc(C)cc1CC(O)C1(OC)CCCCC1. The second kappa shape index (κ2) is 6.06. The zero-order chi connectivity index (χ0) is 13.9. The van der Waals surface area contributed by atoms with Crippen molar-refractivity contribution >= 4 is 0 Å². The van der Waals surface area contributed by atoms with Crippen molar-refractivity contribution in [1.82, 2.24) is 9.78 Å². The van der Waals surface area contributed by atoms with Crippen LogP contribution >= 0.6 is 0 Å². The van der Waals surface area contributed by atoms with E-state index >= 15 is 0 Å². The summed E-state index contributed by atoms with van der Waals surface area (Å²) in [6, 6.07) is 2.07. The van der Waals surface area contributed by atoms with Gasteiger partial charge in [0.1, 0.15) is 0 Å². The van der Waals surface area contributed by atoms with Gasteiger partial charge in [-0.3, -0.25) is 4.68 Å². The highest BCUT2D eigenvalue weighted by Crippen LogP contribution is 2.35. The summed E-state index contributed by atoms with van der Waals surface area (Å²) in [5, 5.41) is 15.1. The lowest BCUT2D eigenvalue weighted by Gasteiger charge is -2.40. The summed E-state index contributed by atoms with van der Waals surface area (Å²) in [6.07, 6.45) is 5.66. The molecule has 0 radical (unpaired) electrons. The molecule has 1 aliphatic rings. The van der Waals surface area contributed by atoms with Crippen molar-refractivity contribution in [3.05, 3.63) is 17.5 Å². The first kappa shape index (κ1) is 14.5. The monoisotopic (exact) mass is 266 g/mol. The molecule has 1 aliphatic carbocycles. The van der Waals surface area contributed by atoms with E-state index in [4.69, 9.17) is 4.74 Å². The molecule has 4 nitrogen and oxygen atoms in total. The number of ether oxygens (including phenoxy) is 1. The van der Waals surface area contributed by atoms with Gasteiger partial charge in [-0.25, -0.2) is 0 Å². The van der Waals surface area contributed by atoms with E-state index in [2.05, 4.69) is 18.1 Å². The van der Waals surface area contributed by atoms with Gasteiger partial charge in [-0.05, 0) is 32.8 Å². The molecular weight excluding hydrogens is 240 g/mol. The molecule has 0 spiro atoms. The molecule has 0 aliphatic heterocycles. The molecule has 1 aromatic rings. The van der Waals surface area contributed by atoms with Crippen LogP contribution in [0.25, 0.3) is 0 Å². The Morgan fingerprint density at radius 3 is 2.68 bits per heavy atom. The van der Waals surface area contributed by atoms with Gasteiger partial charge in [0.05, 0.1) is 17.4 Å². The third-order valence-corrected chi connectivity index (χ3v) is 4.40. The van der Waals surface area contributed by atoms with Crippen molar-refractivity contribution in [2.24, 2.45) is 0 Å². The Morgan fingerprint density at radius 2 is 2.11 bits per heavy atom. The van der Waals surface area contributed by atoms with Crippen molar-refractivity contribution in [3.63, 3.8) is 0 Å². The molecular formula is C15H26N2O2. The standard InChI is InChI=1S/C15H26N2O2/c1-4-17-13(10-12(2)16-17)11-14(18)15(19-3)8-6-5-7-9-15/h10,14,18H,4-9,11H2,1-3H3. The molecule has 108 valence electrons. The molecule has 1 fully saturated rings. The zero-order valence-corrected chi connectivity index (χ0v) is 12.4. The maximum absolute atomic E-state index is 10.6. The summed E-state index contributed by atoms with van der Waals surface area (Å²) >= 11 is 0. The molecule has 1 aromatic heterocycles. The predicted octanol–water partition coefficient (Wildman–Crippen LogP) is 2.46. The highest BCUT2D eigenvalue weighted by molar-refractivity contribution is 5.11. The minimum Gasteiger partial charge on any atom is -0.390 e. The fraction of sp³-hybridized carbons (Fsp3) is 0.800. The Kier molecular flexibility index (Phi) is 4.63. The van der Waals surface area contributed by atoms with E-state index < -0.39 is 6.10 Å². The molecule has 1 unspecified atom stereocenters. The van der Waals surface area contributed by atoms with Crippen LogP contribution < -0.4 is 0 Å². The molecule has 2 rings (SSSR count). The van der Waals surface area contributed by atoms with Gasteiger partial charge in [-0.15, -0.1) is 0 Å². The molecule has 0 aromatic carbocycles. The van der Waals surface area contributed by atoms with Crippen LogP contribution in [-0.2, 0) is 17.7 Å². The van der Waals surface area contributed by atoms with E-state index in [1.807, 2.05) is 11.6 Å². The summed E-state index contributed by atoms with van der Waals surface area (Å²) in [4.78, 5) is 0. The lowest BCUT2D eigenvalue weighted by Crippen LogP contribution is -2.47. The minimum absolute atomic E-state index is 0.352. The highest BCUT2D eigenvalue weighted by atomic mass is 16.5. The van der Waals surface area contributed by atoms with Gasteiger partial charge in [0.2, 0.25) is 0 Å². The summed E-state index contributed by atoms with van der Waals surface area (Å²) < 4.78 is 7.69. The van der Waals surface area contributed by atoms with Gasteiger partial charge < -0.3 is 9.84 Å². The molecule has 0 amide bonds. The minimum atomic E-state index is -0.445. The van der Waals surface area contributed by atoms with Crippen LogP contribution in [0.1, 0.15) is 50.4 Å². The van der Waals surface area contributed by atoms with Crippen LogP contribution in [0.3, 0.4) is 0 Å². The van der Waals surface area contributed by atoms with Crippen molar-refractivity contribution in [2.75, 3.05) is 7.11 Å². The van der Waals surface area contributed by atoms with E-state index in [1.54, 1.807) is 7.11 Å². The van der Waals surface area contributed by atoms with Gasteiger partial charge >= 0.3 is 0 Å². The predicted molar refractivity (Wildman–Crippen MR) is 75.2 cm³/mol. The molecule has 1 atom stereocenters. The summed E-state index contributed by atoms with van der Waals surface area (Å²) in [6.45, 7) is 4.92. The zero-order valence-electron chi connectivity index (χ0n) is 12.4. The average Bonchev–Trinajstić information content (AvgIpc) is 2.79. The molecule has 1 heterocycles. The van der Waals surface area contributed by atoms with Crippen LogP contribution in [0.4, 0.5) is 0 Å². The topological polar surface area (TPSA) is 47.3 Å².